The van der Waals surface area contributed by atoms with Crippen LogP contribution < -0.4 is 11.1 Å². The standard InChI is InChI=1S/C10H11N3O5S/c1-13-7-4-8(14)6(12-10(11)15)2-5(7)3-9(13)19(16,17)18/h2-4,14H,1H3,(H3,11,12,15)(H,16,17,18). The number of phenols is 1. The lowest BCUT2D eigenvalue weighted by Gasteiger charge is -2.06. The van der Waals surface area contributed by atoms with Gasteiger partial charge in [-0.1, -0.05) is 0 Å². The van der Waals surface area contributed by atoms with E-state index in [0.29, 0.717) is 10.9 Å². The number of rotatable bonds is 2. The summed E-state index contributed by atoms with van der Waals surface area (Å²) in [6, 6.07) is 2.97. The molecule has 9 heteroatoms. The van der Waals surface area contributed by atoms with Gasteiger partial charge in [-0.3, -0.25) is 4.55 Å². The van der Waals surface area contributed by atoms with Crippen LogP contribution in [0.2, 0.25) is 0 Å². The van der Waals surface area contributed by atoms with E-state index in [1.165, 1.54) is 29.8 Å². The number of hydrogen-bond acceptors (Lipinski definition) is 4. The average Bonchev–Trinajstić information content (AvgIpc) is 2.56. The topological polar surface area (TPSA) is 135 Å². The van der Waals surface area contributed by atoms with Gasteiger partial charge in [0.2, 0.25) is 0 Å². The number of fused-ring (bicyclic) bond motifs is 1. The molecule has 0 saturated heterocycles. The lowest BCUT2D eigenvalue weighted by atomic mass is 10.2. The van der Waals surface area contributed by atoms with Crippen molar-refractivity contribution in [2.24, 2.45) is 12.8 Å². The number of phenolic OH excluding ortho intramolecular Hbond substituents is 1. The second-order valence-corrected chi connectivity index (χ2v) is 5.30. The molecule has 1 aromatic heterocycles. The molecule has 2 rings (SSSR count). The zero-order valence-electron chi connectivity index (χ0n) is 9.78. The summed E-state index contributed by atoms with van der Waals surface area (Å²) in [6.07, 6.45) is 0. The Hall–Kier alpha value is -2.26. The van der Waals surface area contributed by atoms with E-state index in [0.717, 1.165) is 0 Å². The number of aryl methyl sites for hydroxylation is 1. The van der Waals surface area contributed by atoms with E-state index in [9.17, 15) is 18.3 Å². The highest BCUT2D eigenvalue weighted by Crippen LogP contribution is 2.32. The molecule has 0 bridgehead atoms. The minimum atomic E-state index is -4.37. The first kappa shape index (κ1) is 13.2. The van der Waals surface area contributed by atoms with Gasteiger partial charge in [-0.25, -0.2) is 4.79 Å². The predicted octanol–water partition coefficient (Wildman–Crippen LogP) is 0.621. The van der Waals surface area contributed by atoms with Gasteiger partial charge in [-0.2, -0.15) is 8.42 Å². The Kier molecular flexibility index (Phi) is 2.87. The van der Waals surface area contributed by atoms with Crippen LogP contribution in [0, 0.1) is 0 Å². The fourth-order valence-electron chi connectivity index (χ4n) is 1.83. The van der Waals surface area contributed by atoms with Gasteiger partial charge < -0.3 is 20.7 Å². The van der Waals surface area contributed by atoms with Crippen molar-refractivity contribution in [1.82, 2.24) is 4.57 Å². The minimum Gasteiger partial charge on any atom is -0.506 e. The average molecular weight is 285 g/mol. The number of carbonyl (C=O) groups is 1. The van der Waals surface area contributed by atoms with Crippen LogP contribution in [-0.2, 0) is 17.2 Å². The maximum atomic E-state index is 11.2. The van der Waals surface area contributed by atoms with Crippen LogP contribution in [-0.4, -0.2) is 28.7 Å². The molecule has 1 heterocycles. The molecule has 8 nitrogen and oxygen atoms in total. The van der Waals surface area contributed by atoms with Gasteiger partial charge in [0.05, 0.1) is 11.2 Å². The number of aromatic nitrogens is 1. The number of nitrogens with two attached hydrogens (primary N) is 1. The fraction of sp³-hybridized carbons (Fsp3) is 0.100. The maximum absolute atomic E-state index is 11.2. The van der Waals surface area contributed by atoms with E-state index >= 15 is 0 Å². The molecule has 2 amide bonds. The summed E-state index contributed by atoms with van der Waals surface area (Å²) in [6.45, 7) is 0. The molecule has 0 spiro atoms. The molecule has 0 aliphatic carbocycles. The molecule has 0 atom stereocenters. The lowest BCUT2D eigenvalue weighted by molar-refractivity contribution is 0.259. The third kappa shape index (κ3) is 2.33. The zero-order chi connectivity index (χ0) is 14.4. The van der Waals surface area contributed by atoms with Crippen LogP contribution in [0.5, 0.6) is 5.75 Å². The third-order valence-electron chi connectivity index (χ3n) is 2.64. The first-order valence-corrected chi connectivity index (χ1v) is 6.50. The number of urea groups is 1. The van der Waals surface area contributed by atoms with Gasteiger partial charge in [0.1, 0.15) is 5.75 Å². The van der Waals surface area contributed by atoms with E-state index in [2.05, 4.69) is 5.32 Å². The van der Waals surface area contributed by atoms with E-state index in [1.54, 1.807) is 0 Å². The third-order valence-corrected chi connectivity index (χ3v) is 3.56. The van der Waals surface area contributed by atoms with Gasteiger partial charge in [-0.15, -0.1) is 0 Å². The van der Waals surface area contributed by atoms with E-state index in [1.807, 2.05) is 0 Å². The monoisotopic (exact) mass is 285 g/mol. The van der Waals surface area contributed by atoms with Crippen molar-refractivity contribution >= 4 is 32.7 Å². The van der Waals surface area contributed by atoms with Crippen molar-refractivity contribution < 1.29 is 22.9 Å². The van der Waals surface area contributed by atoms with E-state index in [4.69, 9.17) is 10.3 Å². The van der Waals surface area contributed by atoms with Crippen LogP contribution in [0.4, 0.5) is 10.5 Å². The summed E-state index contributed by atoms with van der Waals surface area (Å²) in [5.74, 6) is -0.269. The Morgan fingerprint density at radius 3 is 2.53 bits per heavy atom. The van der Waals surface area contributed by atoms with Gasteiger partial charge in [0.15, 0.2) is 5.03 Å². The summed E-state index contributed by atoms with van der Waals surface area (Å²) < 4.78 is 32.6. The van der Waals surface area contributed by atoms with Crippen LogP contribution in [0.1, 0.15) is 0 Å². The Bertz CT molecular complexity index is 778. The summed E-state index contributed by atoms with van der Waals surface area (Å²) in [5.41, 5.74) is 5.36. The predicted molar refractivity (Wildman–Crippen MR) is 67.6 cm³/mol. The van der Waals surface area contributed by atoms with Crippen molar-refractivity contribution in [3.63, 3.8) is 0 Å². The molecule has 102 valence electrons. The first-order chi connectivity index (χ1) is 8.70. The normalized spacial score (nSPS) is 11.7. The number of benzene rings is 1. The highest BCUT2D eigenvalue weighted by atomic mass is 32.2. The number of amides is 2. The molecule has 0 radical (unpaired) electrons. The molecule has 5 N–H and O–H groups in total. The molecule has 0 saturated carbocycles. The van der Waals surface area contributed by atoms with Crippen molar-refractivity contribution in [1.29, 1.82) is 0 Å². The second-order valence-electron chi connectivity index (χ2n) is 3.93. The molecule has 0 aliphatic heterocycles. The lowest BCUT2D eigenvalue weighted by Crippen LogP contribution is -2.19. The summed E-state index contributed by atoms with van der Waals surface area (Å²) in [7, 11) is -2.95. The van der Waals surface area contributed by atoms with E-state index in [-0.39, 0.29) is 16.5 Å². The number of anilines is 1. The molecule has 19 heavy (non-hydrogen) atoms. The largest absolute Gasteiger partial charge is 0.506 e. The van der Waals surface area contributed by atoms with Gasteiger partial charge in [0, 0.05) is 18.5 Å². The smallest absolute Gasteiger partial charge is 0.316 e. The summed E-state index contributed by atoms with van der Waals surface area (Å²) in [5, 5.41) is 12.0. The van der Waals surface area contributed by atoms with Crippen molar-refractivity contribution in [2.75, 3.05) is 5.32 Å². The molecular formula is C10H11N3O5S. The number of nitrogens with zero attached hydrogens (tertiary/aromatic N) is 1. The highest BCUT2D eigenvalue weighted by molar-refractivity contribution is 7.85. The summed E-state index contributed by atoms with van der Waals surface area (Å²) >= 11 is 0. The van der Waals surface area contributed by atoms with E-state index < -0.39 is 16.1 Å². The number of aromatic hydroxyl groups is 1. The van der Waals surface area contributed by atoms with Crippen molar-refractivity contribution in [3.05, 3.63) is 18.2 Å². The first-order valence-electron chi connectivity index (χ1n) is 5.06. The molecule has 2 aromatic rings. The number of nitrogens with one attached hydrogen (secondary N) is 1. The zero-order valence-corrected chi connectivity index (χ0v) is 10.6. The Morgan fingerprint density at radius 2 is 2.00 bits per heavy atom. The maximum Gasteiger partial charge on any atom is 0.316 e. The Labute approximate surface area is 108 Å². The SMILES string of the molecule is Cn1c(S(=O)(=O)O)cc2cc(NC(N)=O)c(O)cc21. The van der Waals surface area contributed by atoms with Crippen LogP contribution in [0.25, 0.3) is 10.9 Å². The highest BCUT2D eigenvalue weighted by Gasteiger charge is 2.18. The fourth-order valence-corrected chi connectivity index (χ4v) is 2.55. The minimum absolute atomic E-state index is 0.0486. The van der Waals surface area contributed by atoms with Crippen molar-refractivity contribution in [2.45, 2.75) is 5.03 Å². The number of hydrogen-bond donors (Lipinski definition) is 4. The number of primary amides is 1. The quantitative estimate of drug-likeness (QED) is 0.474. The van der Waals surface area contributed by atoms with Gasteiger partial charge in [0.25, 0.3) is 0 Å². The number of carbonyl (C=O) groups excluding carboxylic acids is 1. The molecule has 1 aromatic carbocycles. The Morgan fingerprint density at radius 1 is 1.37 bits per heavy atom. The van der Waals surface area contributed by atoms with Crippen LogP contribution in [0.3, 0.4) is 0 Å². The Balaban J connectivity index is 2.71. The second kappa shape index (κ2) is 4.14. The molecule has 0 fully saturated rings. The van der Waals surface area contributed by atoms with Crippen molar-refractivity contribution in [3.8, 4) is 5.75 Å². The van der Waals surface area contributed by atoms with Gasteiger partial charge >= 0.3 is 16.1 Å². The summed E-state index contributed by atoms with van der Waals surface area (Å²) in [4.78, 5) is 10.7. The molecule has 0 unspecified atom stereocenters. The molecular weight excluding hydrogens is 274 g/mol. The van der Waals surface area contributed by atoms with Crippen LogP contribution >= 0.6 is 0 Å². The molecule has 0 aliphatic rings. The van der Waals surface area contributed by atoms with Crippen LogP contribution in [0.15, 0.2) is 23.2 Å². The van der Waals surface area contributed by atoms with Gasteiger partial charge in [-0.05, 0) is 12.1 Å².